The second-order valence-electron chi connectivity index (χ2n) is 3.93. The molecule has 0 saturated heterocycles. The number of allylic oxidation sites excluding steroid dienone is 4. The zero-order chi connectivity index (χ0) is 9.68. The van der Waals surface area contributed by atoms with Gasteiger partial charge in [0.2, 0.25) is 0 Å². The molecule has 0 nitrogen and oxygen atoms in total. The molecule has 0 heteroatoms. The Morgan fingerprint density at radius 2 is 1.92 bits per heavy atom. The van der Waals surface area contributed by atoms with Crippen molar-refractivity contribution >= 4 is 0 Å². The first kappa shape index (κ1) is 10.1. The first-order valence-corrected chi connectivity index (χ1v) is 5.07. The molecule has 0 amide bonds. The third-order valence-electron chi connectivity index (χ3n) is 2.40. The highest BCUT2D eigenvalue weighted by molar-refractivity contribution is 5.38. The van der Waals surface area contributed by atoms with Gasteiger partial charge in [-0.1, -0.05) is 24.0 Å². The summed E-state index contributed by atoms with van der Waals surface area (Å²) in [6.07, 6.45) is 13.9. The van der Waals surface area contributed by atoms with Crippen LogP contribution in [-0.2, 0) is 0 Å². The van der Waals surface area contributed by atoms with E-state index < -0.39 is 0 Å². The Morgan fingerprint density at radius 3 is 2.54 bits per heavy atom. The van der Waals surface area contributed by atoms with Crippen molar-refractivity contribution < 1.29 is 0 Å². The summed E-state index contributed by atoms with van der Waals surface area (Å²) in [5, 5.41) is 0. The van der Waals surface area contributed by atoms with Crippen LogP contribution in [0, 0.1) is 12.3 Å². The van der Waals surface area contributed by atoms with Crippen molar-refractivity contribution in [3.05, 3.63) is 22.8 Å². The second-order valence-corrected chi connectivity index (χ2v) is 3.93. The monoisotopic (exact) mass is 174 g/mol. The Kier molecular flexibility index (Phi) is 3.83. The Labute approximate surface area is 81.7 Å². The lowest BCUT2D eigenvalue weighted by Gasteiger charge is -2.03. The summed E-state index contributed by atoms with van der Waals surface area (Å²) >= 11 is 0. The van der Waals surface area contributed by atoms with Crippen LogP contribution in [0.4, 0.5) is 0 Å². The van der Waals surface area contributed by atoms with Gasteiger partial charge in [0.25, 0.3) is 0 Å². The summed E-state index contributed by atoms with van der Waals surface area (Å²) in [4.78, 5) is 0. The van der Waals surface area contributed by atoms with E-state index in [0.717, 1.165) is 6.42 Å². The third kappa shape index (κ3) is 3.11. The van der Waals surface area contributed by atoms with Crippen molar-refractivity contribution in [1.29, 1.82) is 0 Å². The maximum Gasteiger partial charge on any atom is 0.00495 e. The summed E-state index contributed by atoms with van der Waals surface area (Å²) in [6.45, 7) is 4.26. The molecule has 0 unspecified atom stereocenters. The van der Waals surface area contributed by atoms with E-state index in [1.54, 1.807) is 0 Å². The Bertz CT molecular complexity index is 267. The molecule has 0 aliphatic heterocycles. The van der Waals surface area contributed by atoms with Crippen LogP contribution in [0.3, 0.4) is 0 Å². The van der Waals surface area contributed by atoms with Gasteiger partial charge in [-0.15, -0.1) is 6.42 Å². The molecular weight excluding hydrogens is 156 g/mol. The lowest BCUT2D eigenvalue weighted by molar-refractivity contribution is 0.711. The smallest absolute Gasteiger partial charge is 0.00495 e. The number of rotatable bonds is 1. The zero-order valence-electron chi connectivity index (χ0n) is 8.69. The highest BCUT2D eigenvalue weighted by Crippen LogP contribution is 2.24. The van der Waals surface area contributed by atoms with Crippen LogP contribution >= 0.6 is 0 Å². The van der Waals surface area contributed by atoms with E-state index in [0.29, 0.717) is 0 Å². The molecule has 0 aromatic carbocycles. The van der Waals surface area contributed by atoms with Gasteiger partial charge in [0, 0.05) is 5.57 Å². The molecule has 0 spiro atoms. The van der Waals surface area contributed by atoms with E-state index in [2.05, 4.69) is 25.8 Å². The average Bonchev–Trinajstić information content (AvgIpc) is 2.28. The topological polar surface area (TPSA) is 0 Å². The predicted molar refractivity (Wildman–Crippen MR) is 58.4 cm³/mol. The van der Waals surface area contributed by atoms with E-state index in [9.17, 15) is 0 Å². The van der Waals surface area contributed by atoms with Crippen molar-refractivity contribution in [3.8, 4) is 12.3 Å². The fraction of sp³-hybridized carbons (Fsp3) is 0.538. The minimum absolute atomic E-state index is 1.11. The van der Waals surface area contributed by atoms with Gasteiger partial charge < -0.3 is 0 Å². The van der Waals surface area contributed by atoms with Crippen molar-refractivity contribution in [3.63, 3.8) is 0 Å². The molecule has 0 radical (unpaired) electrons. The van der Waals surface area contributed by atoms with Crippen molar-refractivity contribution in [1.82, 2.24) is 0 Å². The van der Waals surface area contributed by atoms with E-state index in [4.69, 9.17) is 6.42 Å². The van der Waals surface area contributed by atoms with Crippen LogP contribution in [0.5, 0.6) is 0 Å². The first-order chi connectivity index (χ1) is 6.24. The highest BCUT2D eigenvalue weighted by atomic mass is 14.1. The van der Waals surface area contributed by atoms with Crippen molar-refractivity contribution in [2.45, 2.75) is 46.0 Å². The normalized spacial score (nSPS) is 17.6. The van der Waals surface area contributed by atoms with E-state index in [-0.39, 0.29) is 0 Å². The number of hydrogen-bond donors (Lipinski definition) is 0. The molecule has 1 rings (SSSR count). The molecule has 0 heterocycles. The molecule has 0 saturated carbocycles. The summed E-state index contributed by atoms with van der Waals surface area (Å²) in [5.74, 6) is 2.83. The molecule has 70 valence electrons. The molecule has 1 aliphatic carbocycles. The Balaban J connectivity index is 2.90. The number of terminal acetylenes is 1. The largest absolute Gasteiger partial charge is 0.115 e. The quantitative estimate of drug-likeness (QED) is 0.530. The molecule has 0 aromatic rings. The Hall–Kier alpha value is -0.960. The fourth-order valence-electron chi connectivity index (χ4n) is 1.78. The SMILES string of the molecule is C#CC1=C(C=C(C)C)CCCCC1. The minimum atomic E-state index is 1.11. The van der Waals surface area contributed by atoms with Gasteiger partial charge in [0.05, 0.1) is 0 Å². The maximum atomic E-state index is 5.50. The third-order valence-corrected chi connectivity index (χ3v) is 2.40. The lowest BCUT2D eigenvalue weighted by atomic mass is 10.0. The second kappa shape index (κ2) is 4.92. The van der Waals surface area contributed by atoms with Gasteiger partial charge >= 0.3 is 0 Å². The van der Waals surface area contributed by atoms with Crippen LogP contribution < -0.4 is 0 Å². The molecule has 13 heavy (non-hydrogen) atoms. The Morgan fingerprint density at radius 1 is 1.23 bits per heavy atom. The lowest BCUT2D eigenvalue weighted by Crippen LogP contribution is -1.85. The molecule has 0 fully saturated rings. The van der Waals surface area contributed by atoms with Gasteiger partial charge in [-0.25, -0.2) is 0 Å². The van der Waals surface area contributed by atoms with Crippen LogP contribution in [0.1, 0.15) is 46.0 Å². The van der Waals surface area contributed by atoms with Gasteiger partial charge in [-0.2, -0.15) is 0 Å². The summed E-state index contributed by atoms with van der Waals surface area (Å²) in [5.41, 5.74) is 3.99. The molecule has 0 bridgehead atoms. The van der Waals surface area contributed by atoms with E-state index in [1.165, 1.54) is 42.4 Å². The highest BCUT2D eigenvalue weighted by Gasteiger charge is 2.07. The molecular formula is C13H18. The van der Waals surface area contributed by atoms with Crippen LogP contribution in [0.25, 0.3) is 0 Å². The van der Waals surface area contributed by atoms with Gasteiger partial charge in [0.1, 0.15) is 0 Å². The minimum Gasteiger partial charge on any atom is -0.115 e. The van der Waals surface area contributed by atoms with E-state index in [1.807, 2.05) is 0 Å². The predicted octanol–water partition coefficient (Wildman–Crippen LogP) is 3.85. The van der Waals surface area contributed by atoms with Gasteiger partial charge in [-0.3, -0.25) is 0 Å². The molecule has 0 aromatic heterocycles. The summed E-state index contributed by atoms with van der Waals surface area (Å²) in [7, 11) is 0. The zero-order valence-corrected chi connectivity index (χ0v) is 8.69. The molecule has 0 N–H and O–H groups in total. The average molecular weight is 174 g/mol. The van der Waals surface area contributed by atoms with Crippen molar-refractivity contribution in [2.24, 2.45) is 0 Å². The van der Waals surface area contributed by atoms with Gasteiger partial charge in [0.15, 0.2) is 0 Å². The van der Waals surface area contributed by atoms with Crippen LogP contribution in [-0.4, -0.2) is 0 Å². The summed E-state index contributed by atoms with van der Waals surface area (Å²) < 4.78 is 0. The molecule has 1 aliphatic rings. The van der Waals surface area contributed by atoms with Crippen LogP contribution in [0.15, 0.2) is 22.8 Å². The molecule has 0 atom stereocenters. The van der Waals surface area contributed by atoms with E-state index >= 15 is 0 Å². The van der Waals surface area contributed by atoms with Gasteiger partial charge in [-0.05, 0) is 45.1 Å². The first-order valence-electron chi connectivity index (χ1n) is 5.07. The standard InChI is InChI=1S/C13H18/c1-4-12-8-6-5-7-9-13(12)10-11(2)3/h1,10H,5-9H2,2-3H3. The summed E-state index contributed by atoms with van der Waals surface area (Å²) in [6, 6.07) is 0. The maximum absolute atomic E-state index is 5.50. The van der Waals surface area contributed by atoms with Crippen LogP contribution in [0.2, 0.25) is 0 Å². The number of hydrogen-bond acceptors (Lipinski definition) is 0. The fourth-order valence-corrected chi connectivity index (χ4v) is 1.78. The van der Waals surface area contributed by atoms with Crippen molar-refractivity contribution in [2.75, 3.05) is 0 Å².